The molecule has 0 heterocycles. The standard InChI is InChI=1S/C16H27FN2/c1-5-16(6-2,19(7-3)8-4)15(18)13-10-9-11-14(17)12-13/h9-12,15H,5-8,18H2,1-4H3. The molecule has 1 unspecified atom stereocenters. The van der Waals surface area contributed by atoms with Crippen LogP contribution in [0.3, 0.4) is 0 Å². The van der Waals surface area contributed by atoms with Gasteiger partial charge >= 0.3 is 0 Å². The van der Waals surface area contributed by atoms with E-state index in [9.17, 15) is 4.39 Å². The Morgan fingerprint density at radius 1 is 1.16 bits per heavy atom. The zero-order valence-corrected chi connectivity index (χ0v) is 12.6. The molecule has 108 valence electrons. The maximum atomic E-state index is 13.4. The van der Waals surface area contributed by atoms with Gasteiger partial charge in [0.15, 0.2) is 0 Å². The molecule has 0 saturated heterocycles. The molecule has 1 rings (SSSR count). The summed E-state index contributed by atoms with van der Waals surface area (Å²) >= 11 is 0. The van der Waals surface area contributed by atoms with E-state index in [4.69, 9.17) is 5.73 Å². The number of halogens is 1. The van der Waals surface area contributed by atoms with Crippen LogP contribution in [-0.4, -0.2) is 23.5 Å². The van der Waals surface area contributed by atoms with Crippen molar-refractivity contribution >= 4 is 0 Å². The molecule has 0 spiro atoms. The van der Waals surface area contributed by atoms with E-state index in [0.29, 0.717) is 0 Å². The third-order valence-electron chi connectivity index (χ3n) is 4.40. The van der Waals surface area contributed by atoms with Crippen molar-refractivity contribution in [1.29, 1.82) is 0 Å². The number of rotatable bonds is 7. The fraction of sp³-hybridized carbons (Fsp3) is 0.625. The van der Waals surface area contributed by atoms with E-state index < -0.39 is 0 Å². The topological polar surface area (TPSA) is 29.3 Å². The third-order valence-corrected chi connectivity index (χ3v) is 4.40. The van der Waals surface area contributed by atoms with Gasteiger partial charge in [-0.2, -0.15) is 0 Å². The third kappa shape index (κ3) is 3.15. The highest BCUT2D eigenvalue weighted by molar-refractivity contribution is 5.24. The van der Waals surface area contributed by atoms with Crippen LogP contribution in [0.1, 0.15) is 52.1 Å². The molecular weight excluding hydrogens is 239 g/mol. The fourth-order valence-corrected chi connectivity index (χ4v) is 3.20. The first-order chi connectivity index (χ1) is 9.05. The minimum Gasteiger partial charge on any atom is -0.322 e. The summed E-state index contributed by atoms with van der Waals surface area (Å²) in [5.74, 6) is -0.214. The van der Waals surface area contributed by atoms with Crippen LogP contribution in [0.25, 0.3) is 0 Å². The summed E-state index contributed by atoms with van der Waals surface area (Å²) in [6.45, 7) is 10.6. The highest BCUT2D eigenvalue weighted by Gasteiger charge is 2.38. The van der Waals surface area contributed by atoms with Crippen LogP contribution < -0.4 is 5.73 Å². The van der Waals surface area contributed by atoms with Crippen molar-refractivity contribution in [3.05, 3.63) is 35.6 Å². The quantitative estimate of drug-likeness (QED) is 0.815. The lowest BCUT2D eigenvalue weighted by molar-refractivity contribution is 0.0624. The second-order valence-corrected chi connectivity index (χ2v) is 5.02. The van der Waals surface area contributed by atoms with Gasteiger partial charge in [0.05, 0.1) is 0 Å². The maximum absolute atomic E-state index is 13.4. The van der Waals surface area contributed by atoms with Gasteiger partial charge in [0.25, 0.3) is 0 Å². The molecule has 0 saturated carbocycles. The smallest absolute Gasteiger partial charge is 0.123 e. The van der Waals surface area contributed by atoms with Crippen LogP contribution in [0, 0.1) is 5.82 Å². The van der Waals surface area contributed by atoms with E-state index >= 15 is 0 Å². The summed E-state index contributed by atoms with van der Waals surface area (Å²) in [5.41, 5.74) is 7.29. The van der Waals surface area contributed by atoms with Gasteiger partial charge in [-0.05, 0) is 43.6 Å². The predicted octanol–water partition coefficient (Wildman–Crippen LogP) is 3.73. The molecule has 0 amide bonds. The van der Waals surface area contributed by atoms with Crippen molar-refractivity contribution in [2.24, 2.45) is 5.73 Å². The average molecular weight is 266 g/mol. The van der Waals surface area contributed by atoms with Crippen LogP contribution in [0.15, 0.2) is 24.3 Å². The largest absolute Gasteiger partial charge is 0.322 e. The van der Waals surface area contributed by atoms with Gasteiger partial charge < -0.3 is 5.73 Å². The second-order valence-electron chi connectivity index (χ2n) is 5.02. The van der Waals surface area contributed by atoms with Crippen LogP contribution in [0.5, 0.6) is 0 Å². The number of hydrogen-bond donors (Lipinski definition) is 1. The minimum atomic E-state index is -0.214. The fourth-order valence-electron chi connectivity index (χ4n) is 3.20. The molecule has 1 aromatic rings. The lowest BCUT2D eigenvalue weighted by Crippen LogP contribution is -2.54. The van der Waals surface area contributed by atoms with Crippen molar-refractivity contribution in [2.75, 3.05) is 13.1 Å². The Labute approximate surface area is 116 Å². The summed E-state index contributed by atoms with van der Waals surface area (Å²) in [6, 6.07) is 6.53. The van der Waals surface area contributed by atoms with Gasteiger partial charge in [-0.25, -0.2) is 4.39 Å². The van der Waals surface area contributed by atoms with Crippen LogP contribution in [-0.2, 0) is 0 Å². The molecule has 3 heteroatoms. The van der Waals surface area contributed by atoms with E-state index in [0.717, 1.165) is 31.5 Å². The Balaban J connectivity index is 3.17. The Kier molecular flexibility index (Phi) is 5.95. The molecular formula is C16H27FN2. The number of likely N-dealkylation sites (N-methyl/N-ethyl adjacent to an activating group) is 1. The first kappa shape index (κ1) is 16.1. The summed E-state index contributed by atoms with van der Waals surface area (Å²) in [6.07, 6.45) is 1.92. The van der Waals surface area contributed by atoms with Crippen molar-refractivity contribution in [1.82, 2.24) is 4.90 Å². The maximum Gasteiger partial charge on any atom is 0.123 e. The average Bonchev–Trinajstić information content (AvgIpc) is 2.44. The molecule has 2 N–H and O–H groups in total. The number of benzene rings is 1. The summed E-state index contributed by atoms with van der Waals surface area (Å²) in [7, 11) is 0. The molecule has 0 aromatic heterocycles. The van der Waals surface area contributed by atoms with Gasteiger partial charge in [-0.1, -0.05) is 39.8 Å². The molecule has 19 heavy (non-hydrogen) atoms. The van der Waals surface area contributed by atoms with Gasteiger partial charge in [0.2, 0.25) is 0 Å². The number of nitrogens with zero attached hydrogens (tertiary/aromatic N) is 1. The molecule has 0 radical (unpaired) electrons. The number of hydrogen-bond acceptors (Lipinski definition) is 2. The molecule has 1 aromatic carbocycles. The van der Waals surface area contributed by atoms with E-state index in [2.05, 4.69) is 32.6 Å². The molecule has 0 aliphatic rings. The normalized spacial score (nSPS) is 13.8. The highest BCUT2D eigenvalue weighted by atomic mass is 19.1. The highest BCUT2D eigenvalue weighted by Crippen LogP contribution is 2.35. The molecule has 1 atom stereocenters. The lowest BCUT2D eigenvalue weighted by Gasteiger charge is -2.46. The van der Waals surface area contributed by atoms with Crippen LogP contribution >= 0.6 is 0 Å². The lowest BCUT2D eigenvalue weighted by atomic mass is 9.79. The molecule has 0 fully saturated rings. The van der Waals surface area contributed by atoms with Gasteiger partial charge in [-0.15, -0.1) is 0 Å². The zero-order valence-electron chi connectivity index (χ0n) is 12.6. The Morgan fingerprint density at radius 2 is 1.74 bits per heavy atom. The van der Waals surface area contributed by atoms with Gasteiger partial charge in [-0.3, -0.25) is 4.90 Å². The van der Waals surface area contributed by atoms with Crippen LogP contribution in [0.4, 0.5) is 4.39 Å². The summed E-state index contributed by atoms with van der Waals surface area (Å²) in [4.78, 5) is 2.41. The molecule has 0 aliphatic carbocycles. The summed E-state index contributed by atoms with van der Waals surface area (Å²) in [5, 5.41) is 0. The second kappa shape index (κ2) is 7.01. The molecule has 0 aliphatic heterocycles. The first-order valence-electron chi connectivity index (χ1n) is 7.31. The zero-order chi connectivity index (χ0) is 14.5. The Bertz CT molecular complexity index is 384. The minimum absolute atomic E-state index is 0.0999. The Morgan fingerprint density at radius 3 is 2.16 bits per heavy atom. The SMILES string of the molecule is CCN(CC)C(CC)(CC)C(N)c1cccc(F)c1. The Hall–Kier alpha value is -0.930. The van der Waals surface area contributed by atoms with Crippen molar-refractivity contribution in [3.8, 4) is 0 Å². The van der Waals surface area contributed by atoms with Gasteiger partial charge in [0, 0.05) is 11.6 Å². The van der Waals surface area contributed by atoms with E-state index in [-0.39, 0.29) is 17.4 Å². The van der Waals surface area contributed by atoms with Gasteiger partial charge in [0.1, 0.15) is 5.82 Å². The predicted molar refractivity (Wildman–Crippen MR) is 79.6 cm³/mol. The van der Waals surface area contributed by atoms with Crippen molar-refractivity contribution < 1.29 is 4.39 Å². The van der Waals surface area contributed by atoms with Crippen LogP contribution in [0.2, 0.25) is 0 Å². The van der Waals surface area contributed by atoms with E-state index in [1.807, 2.05) is 6.07 Å². The molecule has 0 bridgehead atoms. The monoisotopic (exact) mass is 266 g/mol. The summed E-state index contributed by atoms with van der Waals surface area (Å²) < 4.78 is 13.4. The molecule has 2 nitrogen and oxygen atoms in total. The first-order valence-corrected chi connectivity index (χ1v) is 7.31. The van der Waals surface area contributed by atoms with Crippen molar-refractivity contribution in [3.63, 3.8) is 0 Å². The van der Waals surface area contributed by atoms with Crippen molar-refractivity contribution in [2.45, 2.75) is 52.1 Å². The van der Waals surface area contributed by atoms with E-state index in [1.54, 1.807) is 12.1 Å². The van der Waals surface area contributed by atoms with E-state index in [1.165, 1.54) is 6.07 Å². The number of nitrogens with two attached hydrogens (primary N) is 1.